The van der Waals surface area contributed by atoms with Gasteiger partial charge in [-0.05, 0) is 36.7 Å². The van der Waals surface area contributed by atoms with Crippen LogP contribution in [0.4, 0.5) is 0 Å². The number of aldehydes is 1. The maximum absolute atomic E-state index is 11.8. The second kappa shape index (κ2) is 6.17. The fraction of sp³-hybridized carbons (Fsp3) is 0.733. The molecule has 0 aliphatic heterocycles. The van der Waals surface area contributed by atoms with Crippen LogP contribution < -0.4 is 0 Å². The summed E-state index contributed by atoms with van der Waals surface area (Å²) in [4.78, 5) is 22.8. The molecule has 0 heterocycles. The zero-order chi connectivity index (χ0) is 13.8. The summed E-state index contributed by atoms with van der Waals surface area (Å²) in [5.41, 5.74) is 0.744. The van der Waals surface area contributed by atoms with E-state index in [2.05, 4.69) is 20.8 Å². The van der Waals surface area contributed by atoms with Crippen molar-refractivity contribution in [2.45, 2.75) is 47.0 Å². The smallest absolute Gasteiger partial charge is 0.310 e. The highest BCUT2D eigenvalue weighted by molar-refractivity contribution is 5.79. The Morgan fingerprint density at radius 3 is 2.50 bits per heavy atom. The molecule has 1 saturated carbocycles. The fourth-order valence-corrected chi connectivity index (χ4v) is 2.46. The quantitative estimate of drug-likeness (QED) is 0.397. The van der Waals surface area contributed by atoms with Crippen molar-refractivity contribution in [2.24, 2.45) is 17.3 Å². The van der Waals surface area contributed by atoms with Gasteiger partial charge in [0.15, 0.2) is 0 Å². The van der Waals surface area contributed by atoms with Crippen molar-refractivity contribution in [1.82, 2.24) is 0 Å². The monoisotopic (exact) mass is 252 g/mol. The second-order valence-corrected chi connectivity index (χ2v) is 5.54. The van der Waals surface area contributed by atoms with E-state index in [1.165, 1.54) is 0 Å². The summed E-state index contributed by atoms with van der Waals surface area (Å²) >= 11 is 0. The molecule has 0 N–H and O–H groups in total. The Bertz CT molecular complexity index is 342. The molecule has 0 amide bonds. The Morgan fingerprint density at radius 2 is 2.00 bits per heavy atom. The van der Waals surface area contributed by atoms with Gasteiger partial charge >= 0.3 is 5.97 Å². The van der Waals surface area contributed by atoms with Gasteiger partial charge in [0.2, 0.25) is 0 Å². The number of allylic oxidation sites excluding steroid dienone is 2. The normalized spacial score (nSPS) is 25.7. The number of hydrogen-bond acceptors (Lipinski definition) is 3. The topological polar surface area (TPSA) is 43.4 Å². The maximum atomic E-state index is 11.8. The summed E-state index contributed by atoms with van der Waals surface area (Å²) in [6.45, 7) is 8.44. The highest BCUT2D eigenvalue weighted by atomic mass is 16.5. The van der Waals surface area contributed by atoms with Crippen molar-refractivity contribution in [3.05, 3.63) is 11.6 Å². The van der Waals surface area contributed by atoms with Gasteiger partial charge in [0.05, 0.1) is 12.5 Å². The first-order valence-electron chi connectivity index (χ1n) is 6.81. The number of esters is 1. The Morgan fingerprint density at radius 1 is 1.33 bits per heavy atom. The molecule has 3 nitrogen and oxygen atoms in total. The lowest BCUT2D eigenvalue weighted by atomic mass is 10.0. The highest BCUT2D eigenvalue weighted by Gasteiger charge is 2.61. The molecule has 18 heavy (non-hydrogen) atoms. The average molecular weight is 252 g/mol. The first-order chi connectivity index (χ1) is 8.48. The predicted molar refractivity (Wildman–Crippen MR) is 71.1 cm³/mol. The Kier molecular flexibility index (Phi) is 5.12. The average Bonchev–Trinajstić information content (AvgIpc) is 2.86. The number of carbonyl (C=O) groups excluding carboxylic acids is 2. The third kappa shape index (κ3) is 3.21. The number of carbonyl (C=O) groups is 2. The minimum Gasteiger partial charge on any atom is -0.466 e. The lowest BCUT2D eigenvalue weighted by Gasteiger charge is -2.01. The first-order valence-corrected chi connectivity index (χ1v) is 6.81. The first kappa shape index (κ1) is 14.9. The number of hydrogen-bond donors (Lipinski definition) is 0. The lowest BCUT2D eigenvalue weighted by Crippen LogP contribution is -2.10. The second-order valence-electron chi connectivity index (χ2n) is 5.54. The molecule has 102 valence electrons. The van der Waals surface area contributed by atoms with Crippen LogP contribution in [0.15, 0.2) is 11.6 Å². The summed E-state index contributed by atoms with van der Waals surface area (Å²) in [7, 11) is 0. The summed E-state index contributed by atoms with van der Waals surface area (Å²) in [5.74, 6) is -0.0767. The van der Waals surface area contributed by atoms with Gasteiger partial charge in [-0.3, -0.25) is 9.59 Å². The molecule has 0 bridgehead atoms. The van der Waals surface area contributed by atoms with Crippen molar-refractivity contribution >= 4 is 12.3 Å². The van der Waals surface area contributed by atoms with Crippen LogP contribution in [-0.4, -0.2) is 18.9 Å². The maximum Gasteiger partial charge on any atom is 0.310 e. The molecule has 0 radical (unpaired) electrons. The molecule has 2 unspecified atom stereocenters. The Hall–Kier alpha value is -1.12. The molecular weight excluding hydrogens is 228 g/mol. The van der Waals surface area contributed by atoms with Gasteiger partial charge < -0.3 is 4.74 Å². The molecule has 2 atom stereocenters. The molecule has 1 aliphatic rings. The van der Waals surface area contributed by atoms with Crippen LogP contribution in [0.5, 0.6) is 0 Å². The zero-order valence-corrected chi connectivity index (χ0v) is 11.9. The molecule has 0 aromatic rings. The van der Waals surface area contributed by atoms with Crippen molar-refractivity contribution in [3.8, 4) is 0 Å². The number of ether oxygens (including phenoxy) is 1. The van der Waals surface area contributed by atoms with Crippen LogP contribution >= 0.6 is 0 Å². The number of unbranched alkanes of at least 4 members (excludes halogenated alkanes) is 1. The largest absolute Gasteiger partial charge is 0.466 e. The standard InChI is InChI=1S/C15H24O3/c1-5-7-8-11(10-16)9-12-13(15(12,3)4)14(17)18-6-2/h9-10,12-13H,5-8H2,1-4H3/b11-9-. The van der Waals surface area contributed by atoms with Crippen LogP contribution in [-0.2, 0) is 14.3 Å². The highest BCUT2D eigenvalue weighted by Crippen LogP contribution is 2.59. The van der Waals surface area contributed by atoms with Crippen LogP contribution in [0.3, 0.4) is 0 Å². The summed E-state index contributed by atoms with van der Waals surface area (Å²) in [6, 6.07) is 0. The molecular formula is C15H24O3. The van der Waals surface area contributed by atoms with E-state index >= 15 is 0 Å². The fourth-order valence-electron chi connectivity index (χ4n) is 2.46. The van der Waals surface area contributed by atoms with Crippen LogP contribution in [0.25, 0.3) is 0 Å². The van der Waals surface area contributed by atoms with E-state index in [-0.39, 0.29) is 23.2 Å². The van der Waals surface area contributed by atoms with E-state index in [9.17, 15) is 9.59 Å². The molecule has 1 aliphatic carbocycles. The SMILES string of the molecule is CCCC/C(C=O)=C/C1C(C(=O)OCC)C1(C)C. The van der Waals surface area contributed by atoms with Gasteiger partial charge in [0, 0.05) is 0 Å². The van der Waals surface area contributed by atoms with Crippen molar-refractivity contribution < 1.29 is 14.3 Å². The van der Waals surface area contributed by atoms with Crippen molar-refractivity contribution in [2.75, 3.05) is 6.61 Å². The van der Waals surface area contributed by atoms with Crippen LogP contribution in [0.2, 0.25) is 0 Å². The summed E-state index contributed by atoms with van der Waals surface area (Å²) < 4.78 is 5.07. The third-order valence-corrected chi connectivity index (χ3v) is 3.82. The van der Waals surface area contributed by atoms with Gasteiger partial charge in [0.25, 0.3) is 0 Å². The predicted octanol–water partition coefficient (Wildman–Crippen LogP) is 3.14. The van der Waals surface area contributed by atoms with Crippen molar-refractivity contribution in [3.63, 3.8) is 0 Å². The summed E-state index contributed by atoms with van der Waals surface area (Å²) in [5, 5.41) is 0. The zero-order valence-electron chi connectivity index (χ0n) is 11.9. The van der Waals surface area contributed by atoms with Gasteiger partial charge in [-0.25, -0.2) is 0 Å². The van der Waals surface area contributed by atoms with Crippen LogP contribution in [0, 0.1) is 17.3 Å². The molecule has 0 aromatic carbocycles. The lowest BCUT2D eigenvalue weighted by molar-refractivity contribution is -0.145. The molecule has 3 heteroatoms. The summed E-state index contributed by atoms with van der Waals surface area (Å²) in [6.07, 6.45) is 5.79. The minimum absolute atomic E-state index is 0.0767. The van der Waals surface area contributed by atoms with E-state index in [0.717, 1.165) is 31.1 Å². The van der Waals surface area contributed by atoms with E-state index < -0.39 is 0 Å². The Labute approximate surface area is 110 Å². The Balaban J connectivity index is 2.69. The van der Waals surface area contributed by atoms with E-state index in [0.29, 0.717) is 6.61 Å². The van der Waals surface area contributed by atoms with Gasteiger partial charge in [-0.2, -0.15) is 0 Å². The minimum atomic E-state index is -0.135. The van der Waals surface area contributed by atoms with Crippen molar-refractivity contribution in [1.29, 1.82) is 0 Å². The van der Waals surface area contributed by atoms with Gasteiger partial charge in [-0.1, -0.05) is 33.3 Å². The molecule has 0 saturated heterocycles. The number of rotatable bonds is 7. The third-order valence-electron chi connectivity index (χ3n) is 3.82. The van der Waals surface area contributed by atoms with Gasteiger partial charge in [-0.15, -0.1) is 0 Å². The van der Waals surface area contributed by atoms with E-state index in [1.807, 2.05) is 13.0 Å². The van der Waals surface area contributed by atoms with Gasteiger partial charge in [0.1, 0.15) is 6.29 Å². The molecule has 0 aromatic heterocycles. The molecule has 1 fully saturated rings. The van der Waals surface area contributed by atoms with E-state index in [1.54, 1.807) is 0 Å². The van der Waals surface area contributed by atoms with Crippen LogP contribution in [0.1, 0.15) is 47.0 Å². The van der Waals surface area contributed by atoms with E-state index in [4.69, 9.17) is 4.74 Å². The molecule has 0 spiro atoms. The molecule has 1 rings (SSSR count).